The Morgan fingerprint density at radius 3 is 2.19 bits per heavy atom. The van der Waals surface area contributed by atoms with Gasteiger partial charge < -0.3 is 10.0 Å². The number of anilines is 1. The third-order valence-corrected chi connectivity index (χ3v) is 10.9. The lowest BCUT2D eigenvalue weighted by Crippen LogP contribution is -2.59. The maximum Gasteiger partial charge on any atom is 0.421 e. The molecule has 2 aromatic rings. The number of sulfonamides is 2. The Morgan fingerprint density at radius 1 is 1.11 bits per heavy atom. The first-order valence-electron chi connectivity index (χ1n) is 11.1. The second-order valence-corrected chi connectivity index (χ2v) is 14.2. The van der Waals surface area contributed by atoms with E-state index in [1.54, 1.807) is 30.2 Å². The van der Waals surface area contributed by atoms with Crippen LogP contribution in [0.3, 0.4) is 0 Å². The van der Waals surface area contributed by atoms with Crippen LogP contribution in [0.2, 0.25) is 0 Å². The summed E-state index contributed by atoms with van der Waals surface area (Å²) in [5.74, 6) is 0. The van der Waals surface area contributed by atoms with Gasteiger partial charge in [0.2, 0.25) is 10.0 Å². The number of alkyl halides is 3. The smallest absolute Gasteiger partial charge is 0.376 e. The number of halogens is 3. The quantitative estimate of drug-likeness (QED) is 0.525. The van der Waals surface area contributed by atoms with Crippen molar-refractivity contribution in [1.29, 1.82) is 0 Å². The van der Waals surface area contributed by atoms with Crippen molar-refractivity contribution in [3.05, 3.63) is 47.3 Å². The summed E-state index contributed by atoms with van der Waals surface area (Å²) >= 11 is 1.09. The fourth-order valence-corrected chi connectivity index (χ4v) is 7.98. The fraction of sp³-hybridized carbons (Fsp3) is 0.545. The van der Waals surface area contributed by atoms with Gasteiger partial charge in [-0.15, -0.1) is 11.3 Å². The fourth-order valence-electron chi connectivity index (χ4n) is 4.16. The molecule has 8 nitrogen and oxygen atoms in total. The Morgan fingerprint density at radius 2 is 1.72 bits per heavy atom. The van der Waals surface area contributed by atoms with Crippen molar-refractivity contribution in [3.8, 4) is 0 Å². The highest BCUT2D eigenvalue weighted by Crippen LogP contribution is 2.39. The van der Waals surface area contributed by atoms with Crippen LogP contribution in [0.1, 0.15) is 26.3 Å². The number of aliphatic hydroxyl groups is 1. The van der Waals surface area contributed by atoms with Crippen molar-refractivity contribution in [3.63, 3.8) is 0 Å². The zero-order valence-corrected chi connectivity index (χ0v) is 22.8. The maximum atomic E-state index is 13.3. The summed E-state index contributed by atoms with van der Waals surface area (Å²) < 4.78 is 93.7. The zero-order valence-electron chi connectivity index (χ0n) is 20.3. The Kier molecular flexibility index (Phi) is 8.19. The van der Waals surface area contributed by atoms with Crippen LogP contribution in [-0.4, -0.2) is 81.2 Å². The van der Waals surface area contributed by atoms with Gasteiger partial charge in [-0.05, 0) is 49.9 Å². The van der Waals surface area contributed by atoms with Gasteiger partial charge in [-0.3, -0.25) is 0 Å². The van der Waals surface area contributed by atoms with Crippen molar-refractivity contribution < 1.29 is 35.1 Å². The van der Waals surface area contributed by atoms with E-state index in [1.807, 2.05) is 0 Å². The van der Waals surface area contributed by atoms with E-state index in [0.717, 1.165) is 17.6 Å². The molecule has 2 atom stereocenters. The molecule has 0 spiro atoms. The van der Waals surface area contributed by atoms with Crippen molar-refractivity contribution in [2.75, 3.05) is 37.3 Å². The standard InChI is InChI=1S/C22H30F3N3O5S3/c1-16(2)28(35(4,30)31)15-19-14-26(36(32,33)20-6-5-13-34-20)11-12-27(19)18-9-7-17(8-10-18)21(3,29)22(23,24)25/h5-10,13,16,19,29H,11-12,14-15H2,1-4H3/t19-,21+/m1/s1. The van der Waals surface area contributed by atoms with Crippen LogP contribution >= 0.6 is 11.3 Å². The summed E-state index contributed by atoms with van der Waals surface area (Å²) in [5, 5.41) is 11.6. The molecule has 0 radical (unpaired) electrons. The van der Waals surface area contributed by atoms with Gasteiger partial charge in [0.1, 0.15) is 4.21 Å². The summed E-state index contributed by atoms with van der Waals surface area (Å²) in [6.45, 7) is 4.37. The second kappa shape index (κ2) is 10.2. The van der Waals surface area contributed by atoms with Gasteiger partial charge in [-0.25, -0.2) is 16.8 Å². The molecule has 36 heavy (non-hydrogen) atoms. The SMILES string of the molecule is CC(C)N(C[C@H]1CN(S(=O)(=O)c2cccs2)CCN1c1ccc([C@](C)(O)C(F)(F)F)cc1)S(C)(=O)=O. The first-order valence-corrected chi connectivity index (χ1v) is 15.3. The van der Waals surface area contributed by atoms with Gasteiger partial charge in [0.25, 0.3) is 10.0 Å². The van der Waals surface area contributed by atoms with E-state index in [4.69, 9.17) is 0 Å². The zero-order chi connectivity index (χ0) is 27.1. The summed E-state index contributed by atoms with van der Waals surface area (Å²) in [7, 11) is -7.42. The molecule has 1 fully saturated rings. The predicted molar refractivity (Wildman–Crippen MR) is 133 cm³/mol. The molecule has 0 bridgehead atoms. The average molecular weight is 570 g/mol. The molecular formula is C22H30F3N3O5S3. The number of rotatable bonds is 8. The van der Waals surface area contributed by atoms with Crippen molar-refractivity contribution >= 4 is 37.1 Å². The normalized spacial score (nSPS) is 20.2. The Bertz CT molecular complexity index is 1250. The molecule has 14 heteroatoms. The second-order valence-electron chi connectivity index (χ2n) is 9.19. The molecular weight excluding hydrogens is 539 g/mol. The highest BCUT2D eigenvalue weighted by atomic mass is 32.2. The van der Waals surface area contributed by atoms with Crippen molar-refractivity contribution in [2.24, 2.45) is 0 Å². The average Bonchev–Trinajstić information content (AvgIpc) is 3.31. The highest BCUT2D eigenvalue weighted by Gasteiger charge is 2.51. The molecule has 1 aromatic carbocycles. The minimum absolute atomic E-state index is 0.0129. The van der Waals surface area contributed by atoms with E-state index in [9.17, 15) is 35.1 Å². The van der Waals surface area contributed by atoms with Gasteiger partial charge in [0, 0.05) is 37.9 Å². The lowest BCUT2D eigenvalue weighted by atomic mass is 9.95. The lowest BCUT2D eigenvalue weighted by Gasteiger charge is -2.44. The largest absolute Gasteiger partial charge is 0.421 e. The molecule has 0 unspecified atom stereocenters. The number of hydrogen-bond donors (Lipinski definition) is 1. The minimum atomic E-state index is -4.87. The van der Waals surface area contributed by atoms with Crippen LogP contribution < -0.4 is 4.90 Å². The van der Waals surface area contributed by atoms with Gasteiger partial charge in [0.15, 0.2) is 5.60 Å². The van der Waals surface area contributed by atoms with Crippen LogP contribution in [0.15, 0.2) is 46.0 Å². The Balaban J connectivity index is 1.96. The summed E-state index contributed by atoms with van der Waals surface area (Å²) in [5.41, 5.74) is -2.88. The molecule has 1 saturated heterocycles. The van der Waals surface area contributed by atoms with E-state index >= 15 is 0 Å². The molecule has 0 amide bonds. The molecule has 202 valence electrons. The molecule has 1 aliphatic rings. The first kappa shape index (κ1) is 28.9. The lowest BCUT2D eigenvalue weighted by molar-refractivity contribution is -0.258. The molecule has 1 aliphatic heterocycles. The molecule has 2 heterocycles. The first-order chi connectivity index (χ1) is 16.5. The molecule has 1 N–H and O–H groups in total. The number of hydrogen-bond acceptors (Lipinski definition) is 7. The molecule has 3 rings (SSSR count). The topological polar surface area (TPSA) is 98.2 Å². The highest BCUT2D eigenvalue weighted by molar-refractivity contribution is 7.91. The van der Waals surface area contributed by atoms with E-state index in [0.29, 0.717) is 12.6 Å². The molecule has 0 saturated carbocycles. The van der Waals surface area contributed by atoms with Crippen LogP contribution in [0.4, 0.5) is 18.9 Å². The monoisotopic (exact) mass is 569 g/mol. The van der Waals surface area contributed by atoms with E-state index < -0.39 is 43.9 Å². The van der Waals surface area contributed by atoms with Crippen molar-refractivity contribution in [2.45, 2.75) is 48.8 Å². The number of piperazine rings is 1. The number of nitrogens with zero attached hydrogens (tertiary/aromatic N) is 3. The van der Waals surface area contributed by atoms with Gasteiger partial charge >= 0.3 is 6.18 Å². The van der Waals surface area contributed by atoms with Gasteiger partial charge in [-0.2, -0.15) is 21.8 Å². The van der Waals surface area contributed by atoms with Crippen LogP contribution in [0.5, 0.6) is 0 Å². The summed E-state index contributed by atoms with van der Waals surface area (Å²) in [6.07, 6.45) is -3.79. The summed E-state index contributed by atoms with van der Waals surface area (Å²) in [4.78, 5) is 1.80. The third kappa shape index (κ3) is 5.89. The minimum Gasteiger partial charge on any atom is -0.376 e. The molecule has 1 aromatic heterocycles. The van der Waals surface area contributed by atoms with Crippen LogP contribution in [-0.2, 0) is 25.6 Å². The third-order valence-electron chi connectivity index (χ3n) is 6.24. The maximum absolute atomic E-state index is 13.3. The Labute approximate surface area is 214 Å². The summed E-state index contributed by atoms with van der Waals surface area (Å²) in [6, 6.07) is 7.32. The van der Waals surface area contributed by atoms with Gasteiger partial charge in [-0.1, -0.05) is 18.2 Å². The van der Waals surface area contributed by atoms with Crippen LogP contribution in [0.25, 0.3) is 0 Å². The van der Waals surface area contributed by atoms with E-state index in [-0.39, 0.29) is 36.0 Å². The Hall–Kier alpha value is -1.71. The predicted octanol–water partition coefficient (Wildman–Crippen LogP) is 3.07. The van der Waals surface area contributed by atoms with E-state index in [1.165, 1.54) is 38.9 Å². The van der Waals surface area contributed by atoms with Crippen LogP contribution in [0, 0.1) is 0 Å². The molecule has 0 aliphatic carbocycles. The van der Waals surface area contributed by atoms with Gasteiger partial charge in [0.05, 0.1) is 12.3 Å². The number of benzene rings is 1. The number of thiophene rings is 1. The van der Waals surface area contributed by atoms with Crippen molar-refractivity contribution in [1.82, 2.24) is 8.61 Å². The van der Waals surface area contributed by atoms with E-state index in [2.05, 4.69) is 0 Å².